The highest BCUT2D eigenvalue weighted by atomic mass is 16.2. The summed E-state index contributed by atoms with van der Waals surface area (Å²) in [7, 11) is 1.87. The molecule has 1 unspecified atom stereocenters. The zero-order valence-electron chi connectivity index (χ0n) is 15.9. The molecule has 0 radical (unpaired) electrons. The SMILES string of the molecule is CCC(=O)N(C)CC(C)CNC(C)(C)C(C)=NNc1ccccc1. The van der Waals surface area contributed by atoms with Crippen molar-refractivity contribution in [3.8, 4) is 0 Å². The summed E-state index contributed by atoms with van der Waals surface area (Å²) in [6, 6.07) is 9.91. The molecule has 134 valence electrons. The smallest absolute Gasteiger partial charge is 0.222 e. The van der Waals surface area contributed by atoms with Crippen molar-refractivity contribution in [1.82, 2.24) is 10.2 Å². The number of hydrogen-bond donors (Lipinski definition) is 2. The molecule has 0 aliphatic heterocycles. The van der Waals surface area contributed by atoms with E-state index in [0.717, 1.165) is 24.5 Å². The zero-order chi connectivity index (χ0) is 18.2. The molecule has 0 heterocycles. The van der Waals surface area contributed by atoms with Gasteiger partial charge in [-0.25, -0.2) is 0 Å². The quantitative estimate of drug-likeness (QED) is 0.538. The number of hydrazone groups is 1. The van der Waals surface area contributed by atoms with Crippen molar-refractivity contribution in [2.24, 2.45) is 11.0 Å². The lowest BCUT2D eigenvalue weighted by Crippen LogP contribution is -2.48. The van der Waals surface area contributed by atoms with Gasteiger partial charge in [0.15, 0.2) is 0 Å². The van der Waals surface area contributed by atoms with Crippen molar-refractivity contribution in [2.75, 3.05) is 25.6 Å². The van der Waals surface area contributed by atoms with E-state index in [1.54, 1.807) is 4.90 Å². The fourth-order valence-electron chi connectivity index (χ4n) is 2.26. The van der Waals surface area contributed by atoms with Crippen LogP contribution in [0.2, 0.25) is 0 Å². The number of nitrogens with zero attached hydrogens (tertiary/aromatic N) is 2. The van der Waals surface area contributed by atoms with Crippen molar-refractivity contribution in [2.45, 2.75) is 46.6 Å². The highest BCUT2D eigenvalue weighted by molar-refractivity contribution is 5.91. The number of para-hydroxylation sites is 1. The number of carbonyl (C=O) groups is 1. The molecule has 1 aromatic rings. The van der Waals surface area contributed by atoms with Crippen LogP contribution in [-0.4, -0.2) is 42.2 Å². The molecule has 1 atom stereocenters. The Hall–Kier alpha value is -1.88. The fourth-order valence-corrected chi connectivity index (χ4v) is 2.26. The minimum absolute atomic E-state index is 0.186. The molecule has 0 aromatic heterocycles. The molecule has 1 rings (SSSR count). The van der Waals surface area contributed by atoms with E-state index in [1.165, 1.54) is 0 Å². The Balaban J connectivity index is 2.50. The van der Waals surface area contributed by atoms with Crippen molar-refractivity contribution in [1.29, 1.82) is 0 Å². The number of anilines is 1. The minimum Gasteiger partial charge on any atom is -0.345 e. The van der Waals surface area contributed by atoms with Crippen molar-refractivity contribution >= 4 is 17.3 Å². The molecule has 0 saturated heterocycles. The van der Waals surface area contributed by atoms with E-state index in [4.69, 9.17) is 0 Å². The predicted molar refractivity (Wildman–Crippen MR) is 102 cm³/mol. The molecule has 0 fully saturated rings. The van der Waals surface area contributed by atoms with Gasteiger partial charge in [-0.2, -0.15) is 5.10 Å². The summed E-state index contributed by atoms with van der Waals surface area (Å²) in [5, 5.41) is 8.03. The summed E-state index contributed by atoms with van der Waals surface area (Å²) < 4.78 is 0. The Morgan fingerprint density at radius 2 is 1.92 bits per heavy atom. The average Bonchev–Trinajstić information content (AvgIpc) is 2.57. The summed E-state index contributed by atoms with van der Waals surface area (Å²) in [6.07, 6.45) is 0.555. The van der Waals surface area contributed by atoms with Crippen LogP contribution < -0.4 is 10.7 Å². The van der Waals surface area contributed by atoms with Gasteiger partial charge in [0, 0.05) is 26.6 Å². The number of nitrogens with one attached hydrogen (secondary N) is 2. The molecule has 0 aliphatic carbocycles. The van der Waals surface area contributed by atoms with Crippen LogP contribution in [0.1, 0.15) is 41.0 Å². The van der Waals surface area contributed by atoms with Gasteiger partial charge in [-0.15, -0.1) is 0 Å². The maximum absolute atomic E-state index is 11.7. The van der Waals surface area contributed by atoms with Crippen molar-refractivity contribution in [3.63, 3.8) is 0 Å². The van der Waals surface area contributed by atoms with E-state index in [0.29, 0.717) is 12.3 Å². The van der Waals surface area contributed by atoms with Gasteiger partial charge in [0.25, 0.3) is 0 Å². The van der Waals surface area contributed by atoms with Crippen LogP contribution in [0, 0.1) is 5.92 Å². The van der Waals surface area contributed by atoms with Gasteiger partial charge < -0.3 is 10.2 Å². The van der Waals surface area contributed by atoms with E-state index in [2.05, 4.69) is 36.6 Å². The molecule has 24 heavy (non-hydrogen) atoms. The third kappa shape index (κ3) is 6.71. The van der Waals surface area contributed by atoms with E-state index < -0.39 is 0 Å². The van der Waals surface area contributed by atoms with Crippen molar-refractivity contribution in [3.05, 3.63) is 30.3 Å². The Morgan fingerprint density at radius 3 is 2.50 bits per heavy atom. The number of hydrogen-bond acceptors (Lipinski definition) is 4. The molecule has 0 spiro atoms. The zero-order valence-corrected chi connectivity index (χ0v) is 15.9. The van der Waals surface area contributed by atoms with E-state index in [-0.39, 0.29) is 11.4 Å². The first-order valence-corrected chi connectivity index (χ1v) is 8.61. The second-order valence-electron chi connectivity index (χ2n) is 6.91. The van der Waals surface area contributed by atoms with Crippen molar-refractivity contribution < 1.29 is 4.79 Å². The molecule has 0 aliphatic rings. The highest BCUT2D eigenvalue weighted by Gasteiger charge is 2.22. The monoisotopic (exact) mass is 332 g/mol. The molecule has 5 heteroatoms. The van der Waals surface area contributed by atoms with Gasteiger partial charge in [-0.3, -0.25) is 10.2 Å². The third-order valence-electron chi connectivity index (χ3n) is 4.24. The Kier molecular flexibility index (Phi) is 7.92. The Morgan fingerprint density at radius 1 is 1.29 bits per heavy atom. The van der Waals surface area contributed by atoms with Crippen LogP contribution in [0.25, 0.3) is 0 Å². The summed E-state index contributed by atoms with van der Waals surface area (Å²) in [5.74, 6) is 0.561. The van der Waals surface area contributed by atoms with Crippen LogP contribution in [0.5, 0.6) is 0 Å². The molecule has 5 nitrogen and oxygen atoms in total. The van der Waals surface area contributed by atoms with Crippen LogP contribution in [0.3, 0.4) is 0 Å². The number of amides is 1. The van der Waals surface area contributed by atoms with Gasteiger partial charge in [0.05, 0.1) is 16.9 Å². The van der Waals surface area contributed by atoms with Crippen LogP contribution in [0.15, 0.2) is 35.4 Å². The number of rotatable bonds is 9. The van der Waals surface area contributed by atoms with Crippen LogP contribution in [-0.2, 0) is 4.79 Å². The Labute approximate surface area is 146 Å². The molecule has 2 N–H and O–H groups in total. The molecule has 1 amide bonds. The second kappa shape index (κ2) is 9.42. The first-order valence-electron chi connectivity index (χ1n) is 8.61. The third-order valence-corrected chi connectivity index (χ3v) is 4.24. The van der Waals surface area contributed by atoms with E-state index in [9.17, 15) is 4.79 Å². The highest BCUT2D eigenvalue weighted by Crippen LogP contribution is 2.10. The van der Waals surface area contributed by atoms with Gasteiger partial charge in [0.1, 0.15) is 0 Å². The molecule has 1 aromatic carbocycles. The first-order chi connectivity index (χ1) is 11.3. The topological polar surface area (TPSA) is 56.7 Å². The first kappa shape index (κ1) is 20.2. The standard InChI is InChI=1S/C19H32N4O/c1-7-18(24)23(6)14-15(2)13-20-19(4,5)16(3)21-22-17-11-9-8-10-12-17/h8-12,15,20,22H,7,13-14H2,1-6H3. The summed E-state index contributed by atoms with van der Waals surface area (Å²) in [5.41, 5.74) is 4.82. The average molecular weight is 332 g/mol. The Bertz CT molecular complexity index is 540. The summed E-state index contributed by atoms with van der Waals surface area (Å²) >= 11 is 0. The van der Waals surface area contributed by atoms with Gasteiger partial charge >= 0.3 is 0 Å². The lowest BCUT2D eigenvalue weighted by molar-refractivity contribution is -0.130. The van der Waals surface area contributed by atoms with Crippen LogP contribution in [0.4, 0.5) is 5.69 Å². The maximum Gasteiger partial charge on any atom is 0.222 e. The number of benzene rings is 1. The van der Waals surface area contributed by atoms with Gasteiger partial charge in [-0.05, 0) is 38.8 Å². The largest absolute Gasteiger partial charge is 0.345 e. The predicted octanol–water partition coefficient (Wildman–Crippen LogP) is 3.35. The second-order valence-corrected chi connectivity index (χ2v) is 6.91. The number of carbonyl (C=O) groups excluding carboxylic acids is 1. The molecule has 0 bridgehead atoms. The normalized spacial score (nSPS) is 13.5. The minimum atomic E-state index is -0.219. The fraction of sp³-hybridized carbons (Fsp3) is 0.579. The van der Waals surface area contributed by atoms with E-state index in [1.807, 2.05) is 51.2 Å². The maximum atomic E-state index is 11.7. The lowest BCUT2D eigenvalue weighted by Gasteiger charge is -2.29. The van der Waals surface area contributed by atoms with E-state index >= 15 is 0 Å². The van der Waals surface area contributed by atoms with Gasteiger partial charge in [0.2, 0.25) is 5.91 Å². The lowest BCUT2D eigenvalue weighted by atomic mass is 9.98. The molecular formula is C19H32N4O. The summed E-state index contributed by atoms with van der Waals surface area (Å²) in [6.45, 7) is 11.9. The molecule has 0 saturated carbocycles. The van der Waals surface area contributed by atoms with Gasteiger partial charge in [-0.1, -0.05) is 32.0 Å². The van der Waals surface area contributed by atoms with Crippen LogP contribution >= 0.6 is 0 Å². The molecular weight excluding hydrogens is 300 g/mol. The summed E-state index contributed by atoms with van der Waals surface area (Å²) in [4.78, 5) is 13.5.